The average molecular weight is 343 g/mol. The highest BCUT2D eigenvalue weighted by atomic mass is 35.5. The highest BCUT2D eigenvalue weighted by Crippen LogP contribution is 2.25. The third-order valence-electron chi connectivity index (χ3n) is 3.74. The van der Waals surface area contributed by atoms with Crippen molar-refractivity contribution in [1.29, 1.82) is 0 Å². The molecule has 1 heterocycles. The molecule has 2 aromatic carbocycles. The molecule has 0 unspecified atom stereocenters. The molecule has 0 saturated carbocycles. The summed E-state index contributed by atoms with van der Waals surface area (Å²) in [7, 11) is 0. The van der Waals surface area contributed by atoms with Gasteiger partial charge in [0.05, 0.1) is 5.56 Å². The summed E-state index contributed by atoms with van der Waals surface area (Å²) in [5.74, 6) is -0.615. The van der Waals surface area contributed by atoms with Crippen LogP contribution in [0, 0.1) is 6.92 Å². The molecule has 6 heteroatoms. The number of nitrogens with one attached hydrogen (secondary N) is 1. The van der Waals surface area contributed by atoms with Crippen molar-refractivity contribution >= 4 is 34.2 Å². The molecule has 0 aliphatic heterocycles. The van der Waals surface area contributed by atoms with Crippen molar-refractivity contribution in [2.75, 3.05) is 6.61 Å². The lowest BCUT2D eigenvalue weighted by Gasteiger charge is -2.09. The summed E-state index contributed by atoms with van der Waals surface area (Å²) in [5.41, 5.74) is 7.71. The number of hydrogen-bond donors (Lipinski definition) is 2. The highest BCUT2D eigenvalue weighted by Gasteiger charge is 2.18. The molecule has 24 heavy (non-hydrogen) atoms. The topological polar surface area (TPSA) is 85.2 Å². The summed E-state index contributed by atoms with van der Waals surface area (Å²) in [6.45, 7) is 1.63. The molecule has 3 aromatic rings. The first-order chi connectivity index (χ1) is 11.5. The molecule has 5 nitrogen and oxygen atoms in total. The number of hydrogen-bond acceptors (Lipinski definition) is 3. The number of carbonyl (C=O) groups excluding carboxylic acids is 2. The lowest BCUT2D eigenvalue weighted by Crippen LogP contribution is -2.17. The van der Waals surface area contributed by atoms with Crippen LogP contribution in [0.4, 0.5) is 0 Å². The van der Waals surface area contributed by atoms with Gasteiger partial charge in [0.2, 0.25) is 5.78 Å². The van der Waals surface area contributed by atoms with Crippen molar-refractivity contribution in [2.24, 2.45) is 5.73 Å². The van der Waals surface area contributed by atoms with E-state index < -0.39 is 5.91 Å². The molecular formula is C18H15ClN2O3. The maximum absolute atomic E-state index is 12.6. The van der Waals surface area contributed by atoms with E-state index in [1.165, 1.54) is 12.1 Å². The van der Waals surface area contributed by atoms with E-state index in [-0.39, 0.29) is 23.7 Å². The smallest absolute Gasteiger partial charge is 0.252 e. The number of fused-ring (bicyclic) bond motifs is 1. The Hall–Kier alpha value is -2.79. The molecule has 0 fully saturated rings. The minimum Gasteiger partial charge on any atom is -0.485 e. The molecule has 3 N–H and O–H groups in total. The number of nitrogens with two attached hydrogens (primary N) is 1. The summed E-state index contributed by atoms with van der Waals surface area (Å²) in [5, 5.41) is 1.21. The van der Waals surface area contributed by atoms with E-state index in [2.05, 4.69) is 4.98 Å². The van der Waals surface area contributed by atoms with Gasteiger partial charge in [0.25, 0.3) is 5.91 Å². The quantitative estimate of drug-likeness (QED) is 0.696. The molecule has 0 aliphatic carbocycles. The molecular weight excluding hydrogens is 328 g/mol. The number of Topliss-reactive ketones (excluding diaryl/α,β-unsaturated/α-hetero) is 1. The fourth-order valence-electron chi connectivity index (χ4n) is 2.67. The average Bonchev–Trinajstić information content (AvgIpc) is 2.89. The molecule has 3 rings (SSSR count). The van der Waals surface area contributed by atoms with Crippen LogP contribution in [0.2, 0.25) is 5.02 Å². The van der Waals surface area contributed by atoms with Gasteiger partial charge in [-0.2, -0.15) is 0 Å². The van der Waals surface area contributed by atoms with Crippen LogP contribution in [-0.2, 0) is 0 Å². The van der Waals surface area contributed by atoms with Crippen LogP contribution in [0.1, 0.15) is 26.4 Å². The largest absolute Gasteiger partial charge is 0.485 e. The summed E-state index contributed by atoms with van der Waals surface area (Å²) in [6.07, 6.45) is 0. The maximum atomic E-state index is 12.6. The van der Waals surface area contributed by atoms with Crippen molar-refractivity contribution in [3.8, 4) is 5.75 Å². The Morgan fingerprint density at radius 1 is 1.21 bits per heavy atom. The van der Waals surface area contributed by atoms with Gasteiger partial charge in [0.15, 0.2) is 6.61 Å². The van der Waals surface area contributed by atoms with Crippen LogP contribution in [-0.4, -0.2) is 23.3 Å². The summed E-state index contributed by atoms with van der Waals surface area (Å²) >= 11 is 5.86. The number of ketones is 1. The Morgan fingerprint density at radius 3 is 2.71 bits per heavy atom. The summed E-state index contributed by atoms with van der Waals surface area (Å²) < 4.78 is 5.52. The van der Waals surface area contributed by atoms with E-state index in [1.54, 1.807) is 6.07 Å². The number of benzene rings is 2. The van der Waals surface area contributed by atoms with Crippen LogP contribution in [0.25, 0.3) is 10.9 Å². The standard InChI is InChI=1S/C18H15ClN2O3/c1-10-17(12-4-2-3-5-14(12)21-10)15(22)9-24-16-7-6-11(19)8-13(16)18(20)23/h2-8,21H,9H2,1H3,(H2,20,23). The third-order valence-corrected chi connectivity index (χ3v) is 3.97. The number of amides is 1. The number of aromatic nitrogens is 1. The molecule has 0 spiro atoms. The number of halogens is 1. The van der Waals surface area contributed by atoms with Crippen molar-refractivity contribution in [3.63, 3.8) is 0 Å². The molecule has 122 valence electrons. The minimum absolute atomic E-state index is 0.144. The number of carbonyl (C=O) groups is 2. The number of ether oxygens (including phenoxy) is 1. The maximum Gasteiger partial charge on any atom is 0.252 e. The number of primary amides is 1. The summed E-state index contributed by atoms with van der Waals surface area (Å²) in [4.78, 5) is 27.2. The highest BCUT2D eigenvalue weighted by molar-refractivity contribution is 6.31. The second kappa shape index (κ2) is 6.37. The van der Waals surface area contributed by atoms with E-state index in [1.807, 2.05) is 31.2 Å². The van der Waals surface area contributed by atoms with E-state index in [0.29, 0.717) is 10.6 Å². The molecule has 1 amide bonds. The predicted molar refractivity (Wildman–Crippen MR) is 92.8 cm³/mol. The first-order valence-corrected chi connectivity index (χ1v) is 7.68. The minimum atomic E-state index is -0.664. The SMILES string of the molecule is Cc1[nH]c2ccccc2c1C(=O)COc1ccc(Cl)cc1C(N)=O. The lowest BCUT2D eigenvalue weighted by molar-refractivity contribution is 0.0913. The van der Waals surface area contributed by atoms with Gasteiger partial charge in [-0.25, -0.2) is 0 Å². The van der Waals surface area contributed by atoms with Gasteiger partial charge in [-0.15, -0.1) is 0 Å². The van der Waals surface area contributed by atoms with Gasteiger partial charge < -0.3 is 15.5 Å². The fraction of sp³-hybridized carbons (Fsp3) is 0.111. The first-order valence-electron chi connectivity index (χ1n) is 7.30. The van der Waals surface area contributed by atoms with Crippen LogP contribution in [0.5, 0.6) is 5.75 Å². The molecule has 0 radical (unpaired) electrons. The zero-order valence-electron chi connectivity index (χ0n) is 12.9. The number of H-pyrrole nitrogens is 1. The lowest BCUT2D eigenvalue weighted by atomic mass is 10.1. The zero-order valence-corrected chi connectivity index (χ0v) is 13.7. The summed E-state index contributed by atoms with van der Waals surface area (Å²) in [6, 6.07) is 12.1. The number of para-hydroxylation sites is 1. The number of aryl methyl sites for hydroxylation is 1. The fourth-order valence-corrected chi connectivity index (χ4v) is 2.84. The molecule has 0 atom stereocenters. The van der Waals surface area contributed by atoms with Crippen molar-refractivity contribution in [2.45, 2.75) is 6.92 Å². The van der Waals surface area contributed by atoms with Crippen molar-refractivity contribution < 1.29 is 14.3 Å². The van der Waals surface area contributed by atoms with Gasteiger partial charge in [-0.05, 0) is 31.2 Å². The van der Waals surface area contributed by atoms with Gasteiger partial charge in [0.1, 0.15) is 5.75 Å². The number of rotatable bonds is 5. The van der Waals surface area contributed by atoms with Gasteiger partial charge >= 0.3 is 0 Å². The Bertz CT molecular complexity index is 947. The number of aromatic amines is 1. The molecule has 1 aromatic heterocycles. The Morgan fingerprint density at radius 2 is 1.96 bits per heavy atom. The normalized spacial score (nSPS) is 10.8. The predicted octanol–water partition coefficient (Wildman–Crippen LogP) is 3.49. The zero-order chi connectivity index (χ0) is 17.3. The van der Waals surface area contributed by atoms with Crippen LogP contribution < -0.4 is 10.5 Å². The van der Waals surface area contributed by atoms with Crippen LogP contribution >= 0.6 is 11.6 Å². The van der Waals surface area contributed by atoms with Gasteiger partial charge in [-0.3, -0.25) is 9.59 Å². The Labute approximate surface area is 143 Å². The molecule has 0 aliphatic rings. The third kappa shape index (κ3) is 2.98. The van der Waals surface area contributed by atoms with E-state index in [4.69, 9.17) is 22.1 Å². The monoisotopic (exact) mass is 342 g/mol. The second-order valence-electron chi connectivity index (χ2n) is 5.39. The van der Waals surface area contributed by atoms with Gasteiger partial charge in [0, 0.05) is 27.2 Å². The first kappa shape index (κ1) is 16.1. The van der Waals surface area contributed by atoms with Crippen LogP contribution in [0.3, 0.4) is 0 Å². The van der Waals surface area contributed by atoms with Crippen LogP contribution in [0.15, 0.2) is 42.5 Å². The van der Waals surface area contributed by atoms with E-state index in [0.717, 1.165) is 16.6 Å². The molecule has 0 bridgehead atoms. The van der Waals surface area contributed by atoms with Crippen molar-refractivity contribution in [3.05, 3.63) is 64.3 Å². The molecule has 0 saturated heterocycles. The Kier molecular flexibility index (Phi) is 4.27. The van der Waals surface area contributed by atoms with E-state index in [9.17, 15) is 9.59 Å². The Balaban J connectivity index is 1.86. The second-order valence-corrected chi connectivity index (χ2v) is 5.82. The van der Waals surface area contributed by atoms with Crippen molar-refractivity contribution in [1.82, 2.24) is 4.98 Å². The van der Waals surface area contributed by atoms with Gasteiger partial charge in [-0.1, -0.05) is 29.8 Å². The van der Waals surface area contributed by atoms with E-state index >= 15 is 0 Å².